The van der Waals surface area contributed by atoms with Crippen LogP contribution in [0.3, 0.4) is 0 Å². The molecule has 0 unspecified atom stereocenters. The molecule has 2 spiro atoms. The van der Waals surface area contributed by atoms with E-state index in [1.807, 2.05) is 0 Å². The van der Waals surface area contributed by atoms with Crippen LogP contribution < -0.4 is 0 Å². The van der Waals surface area contributed by atoms with Crippen LogP contribution in [0.4, 0.5) is 8.78 Å². The average molecular weight is 898 g/mol. The third kappa shape index (κ3) is 4.81. The molecule has 8 aromatic carbocycles. The maximum atomic E-state index is 15.6. The predicted octanol–water partition coefficient (Wildman–Crippen LogP) is 17.0. The summed E-state index contributed by atoms with van der Waals surface area (Å²) in [5.74, 6) is 4.13. The van der Waals surface area contributed by atoms with E-state index in [1.54, 1.807) is 17.2 Å². The van der Waals surface area contributed by atoms with Crippen LogP contribution in [0.25, 0.3) is 82.8 Å². The maximum Gasteiger partial charge on any atom is 0.159 e. The van der Waals surface area contributed by atoms with Crippen molar-refractivity contribution in [2.45, 2.75) is 75.0 Å². The van der Waals surface area contributed by atoms with Gasteiger partial charge in [-0.2, -0.15) is 0 Å². The van der Waals surface area contributed by atoms with E-state index < -0.39 is 11.6 Å². The molecular weight excluding hydrogens is 845 g/mol. The molecule has 8 fully saturated rings. The number of benzene rings is 8. The first kappa shape index (κ1) is 38.5. The Kier molecular flexibility index (Phi) is 7.42. The fraction of sp³-hybridized carbons (Fsp3) is 0.303. The van der Waals surface area contributed by atoms with Gasteiger partial charge in [-0.1, -0.05) is 103 Å². The molecule has 8 saturated carbocycles. The highest BCUT2D eigenvalue weighted by molar-refractivity contribution is 6.12. The first-order chi connectivity index (χ1) is 33.9. The zero-order chi connectivity index (χ0) is 45.1. The van der Waals surface area contributed by atoms with Gasteiger partial charge in [0.2, 0.25) is 0 Å². The molecule has 19 rings (SSSR count). The first-order valence-electron chi connectivity index (χ1n) is 26.4. The SMILES string of the molecule is Fc1cc2c(cc1F)C1(c3cc(-n4c5ccc(-c6cccc7ccccc67)cc5c5ccc(-c6ccc7c(c6)C6(c8ccccc8-7)C7CC8CC(C7)CC6C8)cc54)ccc3-2)C2CC3CC(C2)CC1C3. The lowest BCUT2D eigenvalue weighted by atomic mass is 9.43. The average Bonchev–Trinajstić information content (AvgIpc) is 3.95. The quantitative estimate of drug-likeness (QED) is 0.167. The monoisotopic (exact) mass is 897 g/mol. The minimum atomic E-state index is -0.744. The highest BCUT2D eigenvalue weighted by Crippen LogP contribution is 2.71. The van der Waals surface area contributed by atoms with E-state index in [0.29, 0.717) is 23.7 Å². The number of halogens is 2. The molecule has 1 aromatic heterocycles. The number of hydrogen-bond acceptors (Lipinski definition) is 0. The van der Waals surface area contributed by atoms with Gasteiger partial charge < -0.3 is 4.57 Å². The van der Waals surface area contributed by atoms with Crippen molar-refractivity contribution in [3.05, 3.63) is 186 Å². The molecule has 0 amide bonds. The van der Waals surface area contributed by atoms with Crippen molar-refractivity contribution in [1.29, 1.82) is 0 Å². The summed E-state index contributed by atoms with van der Waals surface area (Å²) in [5.41, 5.74) is 18.7. The lowest BCUT2D eigenvalue weighted by Crippen LogP contribution is -2.55. The van der Waals surface area contributed by atoms with Crippen molar-refractivity contribution in [2.75, 3.05) is 0 Å². The Bertz CT molecular complexity index is 3690. The van der Waals surface area contributed by atoms with Crippen LogP contribution in [0.15, 0.2) is 152 Å². The smallest absolute Gasteiger partial charge is 0.159 e. The van der Waals surface area contributed by atoms with Crippen LogP contribution in [0.5, 0.6) is 0 Å². The Labute approximate surface area is 402 Å². The Balaban J connectivity index is 0.889. The summed E-state index contributed by atoms with van der Waals surface area (Å²) in [7, 11) is 0. The molecule has 69 heavy (non-hydrogen) atoms. The molecule has 1 nitrogen and oxygen atoms in total. The summed E-state index contributed by atoms with van der Waals surface area (Å²) >= 11 is 0. The summed E-state index contributed by atoms with van der Waals surface area (Å²) in [4.78, 5) is 0. The number of hydrogen-bond donors (Lipinski definition) is 0. The first-order valence-corrected chi connectivity index (χ1v) is 26.4. The minimum absolute atomic E-state index is 0.105. The molecule has 336 valence electrons. The fourth-order valence-corrected chi connectivity index (χ4v) is 18.8. The molecular formula is C66H53F2N. The van der Waals surface area contributed by atoms with Crippen molar-refractivity contribution in [3.8, 4) is 50.2 Å². The van der Waals surface area contributed by atoms with E-state index >= 15 is 8.78 Å². The Morgan fingerprint density at radius 3 is 1.67 bits per heavy atom. The topological polar surface area (TPSA) is 4.93 Å². The van der Waals surface area contributed by atoms with Crippen LogP contribution in [-0.4, -0.2) is 4.57 Å². The number of fused-ring (bicyclic) bond motifs is 10. The number of nitrogens with zero attached hydrogens (tertiary/aromatic N) is 1. The molecule has 9 aromatic rings. The molecule has 0 atom stereocenters. The van der Waals surface area contributed by atoms with E-state index in [1.165, 1.54) is 142 Å². The van der Waals surface area contributed by atoms with Crippen molar-refractivity contribution in [3.63, 3.8) is 0 Å². The molecule has 3 heteroatoms. The Morgan fingerprint density at radius 2 is 0.899 bits per heavy atom. The molecule has 8 bridgehead atoms. The van der Waals surface area contributed by atoms with Crippen LogP contribution in [0.2, 0.25) is 0 Å². The molecule has 0 saturated heterocycles. The zero-order valence-corrected chi connectivity index (χ0v) is 38.8. The van der Waals surface area contributed by atoms with Gasteiger partial charge in [-0.3, -0.25) is 0 Å². The predicted molar refractivity (Wildman–Crippen MR) is 276 cm³/mol. The van der Waals surface area contributed by atoms with Crippen molar-refractivity contribution >= 4 is 32.6 Å². The highest BCUT2D eigenvalue weighted by Gasteiger charge is 2.63. The largest absolute Gasteiger partial charge is 0.309 e. The normalized spacial score (nSPS) is 30.3. The summed E-state index contributed by atoms with van der Waals surface area (Å²) in [6, 6.07) is 56.8. The van der Waals surface area contributed by atoms with Crippen LogP contribution in [-0.2, 0) is 10.8 Å². The lowest BCUT2D eigenvalue weighted by Gasteiger charge is -2.61. The Hall–Kier alpha value is -6.32. The van der Waals surface area contributed by atoms with Crippen molar-refractivity contribution in [2.24, 2.45) is 47.3 Å². The van der Waals surface area contributed by atoms with Gasteiger partial charge in [-0.25, -0.2) is 8.78 Å². The van der Waals surface area contributed by atoms with Crippen LogP contribution in [0, 0.1) is 59.0 Å². The summed E-state index contributed by atoms with van der Waals surface area (Å²) in [6.45, 7) is 0. The van der Waals surface area contributed by atoms with Gasteiger partial charge in [0.25, 0.3) is 0 Å². The van der Waals surface area contributed by atoms with E-state index in [9.17, 15) is 0 Å². The second-order valence-electron chi connectivity index (χ2n) is 23.5. The van der Waals surface area contributed by atoms with Gasteiger partial charge in [-0.15, -0.1) is 0 Å². The molecule has 1 heterocycles. The summed E-state index contributed by atoms with van der Waals surface area (Å²) in [5, 5.41) is 4.97. The second-order valence-corrected chi connectivity index (χ2v) is 23.5. The molecule has 0 N–H and O–H groups in total. The van der Waals surface area contributed by atoms with Crippen LogP contribution >= 0.6 is 0 Å². The zero-order valence-electron chi connectivity index (χ0n) is 38.8. The molecule has 0 aliphatic heterocycles. The van der Waals surface area contributed by atoms with Crippen LogP contribution in [0.1, 0.15) is 86.5 Å². The van der Waals surface area contributed by atoms with E-state index in [0.717, 1.165) is 46.0 Å². The molecule has 10 aliphatic rings. The van der Waals surface area contributed by atoms with Gasteiger partial charge >= 0.3 is 0 Å². The highest BCUT2D eigenvalue weighted by atomic mass is 19.2. The number of rotatable bonds is 3. The van der Waals surface area contributed by atoms with Gasteiger partial charge in [0.05, 0.1) is 11.0 Å². The van der Waals surface area contributed by atoms with E-state index in [2.05, 4.69) is 144 Å². The molecule has 0 radical (unpaired) electrons. The third-order valence-electron chi connectivity index (χ3n) is 20.7. The maximum absolute atomic E-state index is 15.6. The number of aromatic nitrogens is 1. The summed E-state index contributed by atoms with van der Waals surface area (Å²) in [6.07, 6.45) is 13.0. The second kappa shape index (κ2) is 13.3. The third-order valence-corrected chi connectivity index (χ3v) is 20.7. The Morgan fingerprint density at radius 1 is 0.348 bits per heavy atom. The van der Waals surface area contributed by atoms with Crippen molar-refractivity contribution < 1.29 is 8.78 Å². The van der Waals surface area contributed by atoms with E-state index in [4.69, 9.17) is 0 Å². The minimum Gasteiger partial charge on any atom is -0.309 e. The van der Waals surface area contributed by atoms with Gasteiger partial charge in [0.1, 0.15) is 0 Å². The molecule has 10 aliphatic carbocycles. The standard InChI is InChI=1S/C66H53F2N/c67-61-34-55-53-18-15-48(33-59(53)66(60(55)35-62(61)68)46-26-38-21-39(28-46)29-47(66)27-38)69-63-19-14-43(50-10-5-7-40-6-1-2-8-49(40)50)30-56(63)54-17-13-42(32-64(54)69)41-12-16-52-51-9-3-4-11-57(51)65(58(52)31-41)44-22-36-20-37(24-44)25-45(65)23-36/h1-19,30-39,44-47H,20-29H2. The summed E-state index contributed by atoms with van der Waals surface area (Å²) < 4.78 is 33.5. The fourth-order valence-electron chi connectivity index (χ4n) is 18.8. The van der Waals surface area contributed by atoms with E-state index in [-0.39, 0.29) is 10.8 Å². The van der Waals surface area contributed by atoms with Gasteiger partial charge in [-0.05, 0) is 238 Å². The van der Waals surface area contributed by atoms with Crippen molar-refractivity contribution in [1.82, 2.24) is 4.57 Å². The van der Waals surface area contributed by atoms with Gasteiger partial charge in [0.15, 0.2) is 11.6 Å². The van der Waals surface area contributed by atoms with Gasteiger partial charge in [0, 0.05) is 27.3 Å². The lowest BCUT2D eigenvalue weighted by molar-refractivity contribution is -0.0400.